The first kappa shape index (κ1) is 11.1. The molecular weight excluding hydrogens is 218 g/mol. The summed E-state index contributed by atoms with van der Waals surface area (Å²) in [6.07, 6.45) is 0.512. The Morgan fingerprint density at radius 1 is 1.31 bits per heavy atom. The monoisotopic (exact) mass is 233 g/mol. The number of hydrogen-bond donors (Lipinski definition) is 0. The fourth-order valence-corrected chi connectivity index (χ4v) is 2.89. The van der Waals surface area contributed by atoms with E-state index >= 15 is 0 Å². The molecule has 2 rings (SSSR count). The van der Waals surface area contributed by atoms with Crippen LogP contribution in [0.4, 0.5) is 0 Å². The van der Waals surface area contributed by atoms with Gasteiger partial charge in [-0.05, 0) is 23.9 Å². The van der Waals surface area contributed by atoms with Gasteiger partial charge in [0.1, 0.15) is 0 Å². The Hall–Kier alpha value is -1.35. The molecule has 0 saturated heterocycles. The van der Waals surface area contributed by atoms with Gasteiger partial charge in [-0.2, -0.15) is 0 Å². The van der Waals surface area contributed by atoms with E-state index < -0.39 is 0 Å². The first-order valence-electron chi connectivity index (χ1n) is 5.26. The number of fused-ring (bicyclic) bond motifs is 1. The Balaban J connectivity index is 2.38. The Labute approximate surface area is 99.5 Å². The summed E-state index contributed by atoms with van der Waals surface area (Å²) in [5, 5.41) is 1.27. The maximum Gasteiger partial charge on any atom is 0.227 e. The third-order valence-electron chi connectivity index (χ3n) is 2.75. The number of thiophene rings is 1. The summed E-state index contributed by atoms with van der Waals surface area (Å²) in [5.74, 6) is 0.162. The fraction of sp³-hybridized carbons (Fsp3) is 0.308. The van der Waals surface area contributed by atoms with Crippen LogP contribution in [0.3, 0.4) is 0 Å². The lowest BCUT2D eigenvalue weighted by molar-refractivity contribution is -0.127. The van der Waals surface area contributed by atoms with E-state index in [1.54, 1.807) is 30.3 Å². The minimum Gasteiger partial charge on any atom is -0.349 e. The maximum absolute atomic E-state index is 11.7. The summed E-state index contributed by atoms with van der Waals surface area (Å²) in [5.41, 5.74) is 1.25. The van der Waals surface area contributed by atoms with Crippen molar-refractivity contribution >= 4 is 27.3 Å². The molecule has 84 valence electrons. The van der Waals surface area contributed by atoms with Crippen LogP contribution in [0, 0.1) is 6.92 Å². The average molecular weight is 233 g/mol. The third-order valence-corrected chi connectivity index (χ3v) is 4.03. The summed E-state index contributed by atoms with van der Waals surface area (Å²) >= 11 is 1.72. The number of benzene rings is 1. The van der Waals surface area contributed by atoms with Gasteiger partial charge in [0.15, 0.2) is 0 Å². The number of nitrogens with zero attached hydrogens (tertiary/aromatic N) is 1. The predicted molar refractivity (Wildman–Crippen MR) is 69.0 cm³/mol. The molecule has 0 radical (unpaired) electrons. The number of carbonyl (C=O) groups is 1. The zero-order valence-electron chi connectivity index (χ0n) is 9.78. The highest BCUT2D eigenvalue weighted by atomic mass is 32.1. The Morgan fingerprint density at radius 3 is 2.62 bits per heavy atom. The molecule has 0 aliphatic carbocycles. The van der Waals surface area contributed by atoms with E-state index in [1.165, 1.54) is 20.5 Å². The van der Waals surface area contributed by atoms with E-state index in [9.17, 15) is 4.79 Å². The first-order valence-corrected chi connectivity index (χ1v) is 6.08. The zero-order valence-corrected chi connectivity index (χ0v) is 10.6. The molecule has 0 aliphatic heterocycles. The van der Waals surface area contributed by atoms with Gasteiger partial charge in [-0.25, -0.2) is 0 Å². The number of rotatable bonds is 2. The van der Waals surface area contributed by atoms with Crippen LogP contribution < -0.4 is 0 Å². The van der Waals surface area contributed by atoms with Crippen LogP contribution in [0.15, 0.2) is 24.3 Å². The molecule has 0 atom stereocenters. The molecule has 0 N–H and O–H groups in total. The molecule has 0 aliphatic rings. The highest BCUT2D eigenvalue weighted by Crippen LogP contribution is 2.30. The van der Waals surface area contributed by atoms with Crippen molar-refractivity contribution in [1.82, 2.24) is 4.90 Å². The van der Waals surface area contributed by atoms with Gasteiger partial charge in [0.2, 0.25) is 5.91 Å². The molecular formula is C13H15NOS. The second-order valence-electron chi connectivity index (χ2n) is 4.11. The van der Waals surface area contributed by atoms with Crippen molar-refractivity contribution in [2.24, 2.45) is 0 Å². The molecule has 1 heterocycles. The molecule has 1 aromatic carbocycles. The lowest BCUT2D eigenvalue weighted by Crippen LogP contribution is -2.23. The molecule has 2 aromatic rings. The first-order chi connectivity index (χ1) is 7.59. The van der Waals surface area contributed by atoms with Gasteiger partial charge in [-0.1, -0.05) is 18.2 Å². The lowest BCUT2D eigenvalue weighted by Gasteiger charge is -2.09. The second kappa shape index (κ2) is 4.26. The molecule has 0 fully saturated rings. The van der Waals surface area contributed by atoms with E-state index in [0.29, 0.717) is 6.42 Å². The van der Waals surface area contributed by atoms with E-state index in [2.05, 4.69) is 19.1 Å². The smallest absolute Gasteiger partial charge is 0.227 e. The van der Waals surface area contributed by atoms with Crippen LogP contribution in [0.5, 0.6) is 0 Å². The van der Waals surface area contributed by atoms with Crippen LogP contribution >= 0.6 is 11.3 Å². The second-order valence-corrected chi connectivity index (χ2v) is 5.25. The van der Waals surface area contributed by atoms with Gasteiger partial charge in [-0.15, -0.1) is 11.3 Å². The van der Waals surface area contributed by atoms with E-state index in [4.69, 9.17) is 0 Å². The fourth-order valence-electron chi connectivity index (χ4n) is 1.69. The molecule has 0 saturated carbocycles. The highest BCUT2D eigenvalue weighted by molar-refractivity contribution is 7.19. The van der Waals surface area contributed by atoms with Gasteiger partial charge in [0.25, 0.3) is 0 Å². The van der Waals surface area contributed by atoms with Crippen LogP contribution in [0.1, 0.15) is 10.4 Å². The summed E-state index contributed by atoms with van der Waals surface area (Å²) in [4.78, 5) is 14.5. The minimum absolute atomic E-state index is 0.162. The molecule has 1 amide bonds. The maximum atomic E-state index is 11.7. The van der Waals surface area contributed by atoms with Crippen molar-refractivity contribution in [3.05, 3.63) is 34.7 Å². The van der Waals surface area contributed by atoms with Gasteiger partial charge < -0.3 is 4.90 Å². The highest BCUT2D eigenvalue weighted by Gasteiger charge is 2.12. The predicted octanol–water partition coefficient (Wildman–Crippen LogP) is 2.84. The number of aryl methyl sites for hydroxylation is 1. The molecule has 0 bridgehead atoms. The molecule has 16 heavy (non-hydrogen) atoms. The molecule has 3 heteroatoms. The quantitative estimate of drug-likeness (QED) is 0.781. The van der Waals surface area contributed by atoms with Crippen molar-refractivity contribution in [2.75, 3.05) is 14.1 Å². The van der Waals surface area contributed by atoms with Gasteiger partial charge >= 0.3 is 0 Å². The van der Waals surface area contributed by atoms with Gasteiger partial charge in [-0.3, -0.25) is 4.79 Å². The third kappa shape index (κ3) is 1.95. The van der Waals surface area contributed by atoms with Crippen molar-refractivity contribution < 1.29 is 4.79 Å². The summed E-state index contributed by atoms with van der Waals surface area (Å²) < 4.78 is 1.27. The summed E-state index contributed by atoms with van der Waals surface area (Å²) in [7, 11) is 3.59. The standard InChI is InChI=1S/C13H15NOS/c1-9-10-6-4-5-7-11(10)16-12(9)8-13(15)14(2)3/h4-7H,8H2,1-3H3. The van der Waals surface area contributed by atoms with E-state index in [1.807, 2.05) is 12.1 Å². The topological polar surface area (TPSA) is 20.3 Å². The number of likely N-dealkylation sites (N-methyl/N-ethyl adjacent to an activating group) is 1. The summed E-state index contributed by atoms with van der Waals surface area (Å²) in [6, 6.07) is 8.30. The van der Waals surface area contributed by atoms with Gasteiger partial charge in [0, 0.05) is 23.7 Å². The van der Waals surface area contributed by atoms with E-state index in [-0.39, 0.29) is 5.91 Å². The molecule has 2 nitrogen and oxygen atoms in total. The van der Waals surface area contributed by atoms with Crippen LogP contribution in [-0.2, 0) is 11.2 Å². The van der Waals surface area contributed by atoms with E-state index in [0.717, 1.165) is 0 Å². The largest absolute Gasteiger partial charge is 0.349 e. The number of carbonyl (C=O) groups excluding carboxylic acids is 1. The molecule has 0 unspecified atom stereocenters. The van der Waals surface area contributed by atoms with Crippen molar-refractivity contribution in [2.45, 2.75) is 13.3 Å². The molecule has 0 spiro atoms. The average Bonchev–Trinajstić information content (AvgIpc) is 2.56. The number of amides is 1. The number of hydrogen-bond acceptors (Lipinski definition) is 2. The lowest BCUT2D eigenvalue weighted by atomic mass is 10.1. The van der Waals surface area contributed by atoms with Gasteiger partial charge in [0.05, 0.1) is 6.42 Å². The normalized spacial score (nSPS) is 10.7. The Bertz CT molecular complexity index is 528. The molecule has 1 aromatic heterocycles. The van der Waals surface area contributed by atoms with Crippen LogP contribution in [0.25, 0.3) is 10.1 Å². The zero-order chi connectivity index (χ0) is 11.7. The van der Waals surface area contributed by atoms with Crippen LogP contribution in [0.2, 0.25) is 0 Å². The van der Waals surface area contributed by atoms with Crippen molar-refractivity contribution in [1.29, 1.82) is 0 Å². The van der Waals surface area contributed by atoms with Crippen LogP contribution in [-0.4, -0.2) is 24.9 Å². The van der Waals surface area contributed by atoms with Crippen molar-refractivity contribution in [3.63, 3.8) is 0 Å². The van der Waals surface area contributed by atoms with Crippen molar-refractivity contribution in [3.8, 4) is 0 Å². The minimum atomic E-state index is 0.162. The Morgan fingerprint density at radius 2 is 2.00 bits per heavy atom. The SMILES string of the molecule is Cc1c(CC(=O)N(C)C)sc2ccccc12. The summed E-state index contributed by atoms with van der Waals surface area (Å²) in [6.45, 7) is 2.09. The Kier molecular flexibility index (Phi) is 2.97.